The highest BCUT2D eigenvalue weighted by atomic mass is 32.2. The van der Waals surface area contributed by atoms with Gasteiger partial charge in [0.05, 0.1) is 22.4 Å². The van der Waals surface area contributed by atoms with E-state index in [1.165, 1.54) is 28.6 Å². The van der Waals surface area contributed by atoms with Crippen LogP contribution in [0.1, 0.15) is 43.9 Å². The first-order valence-corrected chi connectivity index (χ1v) is 10.2. The number of benzene rings is 1. The predicted octanol–water partition coefficient (Wildman–Crippen LogP) is 3.05. The van der Waals surface area contributed by atoms with Gasteiger partial charge in [0.2, 0.25) is 15.8 Å². The van der Waals surface area contributed by atoms with E-state index in [0.29, 0.717) is 24.5 Å². The Morgan fingerprint density at radius 3 is 2.44 bits per heavy atom. The van der Waals surface area contributed by atoms with Crippen molar-refractivity contribution in [2.45, 2.75) is 45.6 Å². The molecule has 0 fully saturated rings. The monoisotopic (exact) mass is 395 g/mol. The molecule has 27 heavy (non-hydrogen) atoms. The lowest BCUT2D eigenvalue weighted by molar-refractivity contribution is 0.0987. The Balaban J connectivity index is 2.44. The molecule has 0 atom stereocenters. The topological polar surface area (TPSA) is 102 Å². The van der Waals surface area contributed by atoms with Gasteiger partial charge in [0.15, 0.2) is 0 Å². The minimum atomic E-state index is -3.67. The maximum Gasteiger partial charge on any atom is 0.294 e. The fourth-order valence-electron chi connectivity index (χ4n) is 2.49. The molecule has 148 valence electrons. The van der Waals surface area contributed by atoms with Gasteiger partial charge in [-0.2, -0.15) is 4.31 Å². The zero-order valence-corrected chi connectivity index (χ0v) is 17.0. The van der Waals surface area contributed by atoms with Crippen molar-refractivity contribution in [2.75, 3.05) is 18.4 Å². The van der Waals surface area contributed by atoms with Crippen LogP contribution < -0.4 is 10.1 Å². The van der Waals surface area contributed by atoms with Crippen molar-refractivity contribution in [3.63, 3.8) is 0 Å². The number of nitrogens with zero attached hydrogens (tertiary/aromatic N) is 2. The van der Waals surface area contributed by atoms with Crippen molar-refractivity contribution in [3.05, 3.63) is 35.7 Å². The Kier molecular flexibility index (Phi) is 6.61. The molecule has 2 aromatic rings. The third-order valence-corrected chi connectivity index (χ3v) is 5.80. The van der Waals surface area contributed by atoms with E-state index in [2.05, 4.69) is 10.5 Å². The van der Waals surface area contributed by atoms with Crippen LogP contribution in [0.5, 0.6) is 5.75 Å². The highest BCUT2D eigenvalue weighted by Gasteiger charge is 2.24. The molecule has 0 saturated carbocycles. The Bertz CT molecular complexity index is 901. The van der Waals surface area contributed by atoms with Gasteiger partial charge in [-0.25, -0.2) is 8.42 Å². The van der Waals surface area contributed by atoms with Gasteiger partial charge in [0.25, 0.3) is 5.91 Å². The molecule has 0 radical (unpaired) electrons. The summed E-state index contributed by atoms with van der Waals surface area (Å²) < 4.78 is 37.6. The third-order valence-electron chi connectivity index (χ3n) is 3.76. The Morgan fingerprint density at radius 2 is 1.93 bits per heavy atom. The molecule has 1 N–H and O–H groups in total. The quantitative estimate of drug-likeness (QED) is 0.737. The second kappa shape index (κ2) is 8.53. The van der Waals surface area contributed by atoms with Crippen LogP contribution in [0.4, 0.5) is 5.69 Å². The van der Waals surface area contributed by atoms with Crippen molar-refractivity contribution in [1.82, 2.24) is 9.46 Å². The molecule has 0 aliphatic rings. The zero-order chi connectivity index (χ0) is 20.2. The van der Waals surface area contributed by atoms with Crippen LogP contribution >= 0.6 is 0 Å². The van der Waals surface area contributed by atoms with Crippen molar-refractivity contribution in [1.29, 1.82) is 0 Å². The molecule has 1 aromatic heterocycles. The number of nitrogens with one attached hydrogen (secondary N) is 1. The Hall–Kier alpha value is -2.39. The molecule has 1 amide bonds. The number of amides is 1. The SMILES string of the molecule is CCN(CC)S(=O)(=O)c1ccc(OC(C)C)c(NC(=O)c2cc(C)no2)c1. The first-order valence-electron chi connectivity index (χ1n) is 8.74. The lowest BCUT2D eigenvalue weighted by atomic mass is 10.2. The van der Waals surface area contributed by atoms with Crippen molar-refractivity contribution in [2.24, 2.45) is 0 Å². The predicted molar refractivity (Wildman–Crippen MR) is 102 cm³/mol. The van der Waals surface area contributed by atoms with Gasteiger partial charge in [0, 0.05) is 19.2 Å². The van der Waals surface area contributed by atoms with Crippen LogP contribution in [0, 0.1) is 6.92 Å². The molecule has 9 heteroatoms. The first kappa shape index (κ1) is 20.9. The van der Waals surface area contributed by atoms with E-state index in [0.717, 1.165) is 0 Å². The lowest BCUT2D eigenvalue weighted by Gasteiger charge is -2.20. The van der Waals surface area contributed by atoms with Gasteiger partial charge in [-0.1, -0.05) is 19.0 Å². The molecule has 1 heterocycles. The van der Waals surface area contributed by atoms with Crippen molar-refractivity contribution in [3.8, 4) is 5.75 Å². The summed E-state index contributed by atoms with van der Waals surface area (Å²) in [6.45, 7) is 9.62. The summed E-state index contributed by atoms with van der Waals surface area (Å²) >= 11 is 0. The standard InChI is InChI=1S/C18H25N3O5S/c1-6-21(7-2)27(23,24)14-8-9-16(25-12(3)4)15(11-14)19-18(22)17-10-13(5)20-26-17/h8-12H,6-7H2,1-5H3,(H,19,22). The maximum atomic E-state index is 12.8. The van der Waals surface area contributed by atoms with Gasteiger partial charge in [-0.15, -0.1) is 0 Å². The van der Waals surface area contributed by atoms with Gasteiger partial charge in [-0.3, -0.25) is 4.79 Å². The molecule has 0 bridgehead atoms. The number of aryl methyl sites for hydroxylation is 1. The van der Waals surface area contributed by atoms with Crippen LogP contribution in [0.3, 0.4) is 0 Å². The zero-order valence-electron chi connectivity index (χ0n) is 16.1. The van der Waals surface area contributed by atoms with Gasteiger partial charge >= 0.3 is 0 Å². The van der Waals surface area contributed by atoms with E-state index in [4.69, 9.17) is 9.26 Å². The summed E-state index contributed by atoms with van der Waals surface area (Å²) in [5.74, 6) is -0.144. The van der Waals surface area contributed by atoms with E-state index in [9.17, 15) is 13.2 Å². The molecule has 1 aromatic carbocycles. The van der Waals surface area contributed by atoms with Gasteiger partial charge in [0.1, 0.15) is 5.75 Å². The summed E-state index contributed by atoms with van der Waals surface area (Å²) in [4.78, 5) is 12.5. The highest BCUT2D eigenvalue weighted by molar-refractivity contribution is 7.89. The first-order chi connectivity index (χ1) is 12.7. The molecule has 0 aliphatic carbocycles. The Morgan fingerprint density at radius 1 is 1.26 bits per heavy atom. The number of hydrogen-bond donors (Lipinski definition) is 1. The number of aromatic nitrogens is 1. The molecule has 0 unspecified atom stereocenters. The average molecular weight is 395 g/mol. The maximum absolute atomic E-state index is 12.8. The number of carbonyl (C=O) groups excluding carboxylic acids is 1. The van der Waals surface area contributed by atoms with E-state index >= 15 is 0 Å². The van der Waals surface area contributed by atoms with Crippen LogP contribution in [-0.2, 0) is 10.0 Å². The minimum absolute atomic E-state index is 0.0278. The van der Waals surface area contributed by atoms with Gasteiger partial charge in [-0.05, 0) is 39.0 Å². The smallest absolute Gasteiger partial charge is 0.294 e. The second-order valence-electron chi connectivity index (χ2n) is 6.20. The summed E-state index contributed by atoms with van der Waals surface area (Å²) in [7, 11) is -3.67. The number of sulfonamides is 1. The number of anilines is 1. The van der Waals surface area contributed by atoms with Crippen LogP contribution in [-0.4, -0.2) is 43.0 Å². The van der Waals surface area contributed by atoms with E-state index in [1.807, 2.05) is 13.8 Å². The van der Waals surface area contributed by atoms with E-state index < -0.39 is 15.9 Å². The normalized spacial score (nSPS) is 11.8. The summed E-state index contributed by atoms with van der Waals surface area (Å²) in [5, 5.41) is 6.33. The molecular weight excluding hydrogens is 370 g/mol. The lowest BCUT2D eigenvalue weighted by Crippen LogP contribution is -2.30. The Labute approximate surface area is 159 Å². The summed E-state index contributed by atoms with van der Waals surface area (Å²) in [5.41, 5.74) is 0.813. The van der Waals surface area contributed by atoms with Crippen LogP contribution in [0.2, 0.25) is 0 Å². The minimum Gasteiger partial charge on any atom is -0.489 e. The summed E-state index contributed by atoms with van der Waals surface area (Å²) in [6, 6.07) is 5.90. The fourth-order valence-corrected chi connectivity index (χ4v) is 3.98. The largest absolute Gasteiger partial charge is 0.489 e. The van der Waals surface area contributed by atoms with E-state index in [1.54, 1.807) is 20.8 Å². The van der Waals surface area contributed by atoms with Crippen LogP contribution in [0.15, 0.2) is 33.7 Å². The third kappa shape index (κ3) is 4.86. The molecule has 8 nitrogen and oxygen atoms in total. The second-order valence-corrected chi connectivity index (χ2v) is 8.14. The molecular formula is C18H25N3O5S. The molecule has 0 aliphatic heterocycles. The molecule has 2 rings (SSSR count). The molecule has 0 saturated heterocycles. The van der Waals surface area contributed by atoms with E-state index in [-0.39, 0.29) is 22.4 Å². The number of carbonyl (C=O) groups is 1. The fraction of sp³-hybridized carbons (Fsp3) is 0.444. The summed E-state index contributed by atoms with van der Waals surface area (Å²) in [6.07, 6.45) is -0.154. The van der Waals surface area contributed by atoms with Crippen LogP contribution in [0.25, 0.3) is 0 Å². The van der Waals surface area contributed by atoms with Crippen molar-refractivity contribution >= 4 is 21.6 Å². The number of ether oxygens (including phenoxy) is 1. The number of hydrogen-bond acceptors (Lipinski definition) is 6. The average Bonchev–Trinajstić information content (AvgIpc) is 3.03. The number of rotatable bonds is 8. The van der Waals surface area contributed by atoms with Crippen molar-refractivity contribution < 1.29 is 22.5 Å². The highest BCUT2D eigenvalue weighted by Crippen LogP contribution is 2.30. The molecule has 0 spiro atoms. The van der Waals surface area contributed by atoms with Gasteiger partial charge < -0.3 is 14.6 Å².